The predicted octanol–water partition coefficient (Wildman–Crippen LogP) is 8.96. The summed E-state index contributed by atoms with van der Waals surface area (Å²) < 4.78 is 6.26. The molecule has 1 aliphatic heterocycles. The first-order chi connectivity index (χ1) is 20.2. The van der Waals surface area contributed by atoms with Crippen molar-refractivity contribution in [3.8, 4) is 11.6 Å². The number of benzene rings is 3. The number of hydrogen-bond donors (Lipinski definition) is 0. The van der Waals surface area contributed by atoms with E-state index in [4.69, 9.17) is 9.72 Å². The summed E-state index contributed by atoms with van der Waals surface area (Å²) in [5.74, 6) is 1.73. The number of rotatable bonds is 6. The van der Waals surface area contributed by atoms with Gasteiger partial charge in [-0.1, -0.05) is 44.7 Å². The van der Waals surface area contributed by atoms with E-state index in [0.29, 0.717) is 11.6 Å². The van der Waals surface area contributed by atoms with Gasteiger partial charge in [-0.05, 0) is 85.6 Å². The number of hydrogen-bond acceptors (Lipinski definition) is 6. The summed E-state index contributed by atoms with van der Waals surface area (Å²) in [7, 11) is 2.03. The maximum Gasteiger partial charge on any atom is 0.135 e. The van der Waals surface area contributed by atoms with Gasteiger partial charge in [0.2, 0.25) is 0 Å². The number of aryl methyl sites for hydroxylation is 2. The van der Waals surface area contributed by atoms with Crippen molar-refractivity contribution < 1.29 is 25.8 Å². The van der Waals surface area contributed by atoms with Crippen molar-refractivity contribution in [2.45, 2.75) is 40.0 Å². The standard InChI is InChI=1S/C36H34N5O.Pt/c1-25-18-26(2)20-30(19-25)41(34-21-27(14-16-37-34)36(3,4)5)29-10-9-11-31(22-29)42-35-23-28(15-17-38-35)40-24-39(6)32-12-7-8-13-33(32)40;/h7-21,24H,1-6H3;/q-3;. The molecule has 0 saturated carbocycles. The van der Waals surface area contributed by atoms with Crippen LogP contribution in [0.5, 0.6) is 11.6 Å². The van der Waals surface area contributed by atoms with Crippen molar-refractivity contribution in [1.82, 2.24) is 9.97 Å². The van der Waals surface area contributed by atoms with E-state index in [9.17, 15) is 0 Å². The molecule has 0 fully saturated rings. The third-order valence-corrected chi connectivity index (χ3v) is 7.23. The second-order valence-corrected chi connectivity index (χ2v) is 11.7. The Hall–Kier alpha value is -4.15. The number of pyridine rings is 2. The van der Waals surface area contributed by atoms with E-state index >= 15 is 0 Å². The Bertz CT molecular complexity index is 1730. The SMILES string of the molecule is Cc1cc(C)cc(N(c2[c-]c(Oc3[c-]c(N4[CH-]N(C)c5ccccc54)ccn3)ccc2)c2cc(C(C)(C)C)ccn2)c1.[Pt]. The normalized spacial score (nSPS) is 12.5. The minimum absolute atomic E-state index is 0. The van der Waals surface area contributed by atoms with Crippen molar-refractivity contribution in [2.24, 2.45) is 0 Å². The van der Waals surface area contributed by atoms with Crippen molar-refractivity contribution in [1.29, 1.82) is 0 Å². The molecule has 0 aliphatic carbocycles. The zero-order valence-corrected chi connectivity index (χ0v) is 27.5. The maximum atomic E-state index is 6.26. The Morgan fingerprint density at radius 2 is 1.53 bits per heavy atom. The van der Waals surface area contributed by atoms with Gasteiger partial charge >= 0.3 is 0 Å². The molecule has 222 valence electrons. The van der Waals surface area contributed by atoms with Crippen molar-refractivity contribution >= 4 is 34.3 Å². The maximum absolute atomic E-state index is 6.26. The van der Waals surface area contributed by atoms with E-state index in [-0.39, 0.29) is 26.5 Å². The van der Waals surface area contributed by atoms with Gasteiger partial charge < -0.3 is 19.4 Å². The quantitative estimate of drug-likeness (QED) is 0.162. The second kappa shape index (κ2) is 12.2. The first-order valence-corrected chi connectivity index (χ1v) is 14.1. The van der Waals surface area contributed by atoms with Gasteiger partial charge in [0.25, 0.3) is 0 Å². The zero-order valence-electron chi connectivity index (χ0n) is 25.2. The average molecular weight is 748 g/mol. The van der Waals surface area contributed by atoms with E-state index in [0.717, 1.165) is 34.3 Å². The van der Waals surface area contributed by atoms with Crippen LogP contribution < -0.4 is 19.4 Å². The molecule has 6 rings (SSSR count). The molecule has 1 aliphatic rings. The summed E-state index contributed by atoms with van der Waals surface area (Å²) in [5.41, 5.74) is 8.41. The molecule has 6 nitrogen and oxygen atoms in total. The van der Waals surface area contributed by atoms with Gasteiger partial charge in [0.15, 0.2) is 0 Å². The molecular weight excluding hydrogens is 714 g/mol. The third-order valence-electron chi connectivity index (χ3n) is 7.23. The number of ether oxygens (including phenoxy) is 1. The van der Waals surface area contributed by atoms with E-state index < -0.39 is 0 Å². The minimum Gasteiger partial charge on any atom is -0.504 e. The molecule has 0 bridgehead atoms. The molecule has 5 aromatic rings. The Morgan fingerprint density at radius 3 is 2.28 bits per heavy atom. The van der Waals surface area contributed by atoms with Crippen LogP contribution in [0.4, 0.5) is 34.3 Å². The zero-order chi connectivity index (χ0) is 29.4. The van der Waals surface area contributed by atoms with Crippen LogP contribution in [0.25, 0.3) is 0 Å². The smallest absolute Gasteiger partial charge is 0.135 e. The van der Waals surface area contributed by atoms with Crippen LogP contribution in [0.15, 0.2) is 91.3 Å². The fraction of sp³-hybridized carbons (Fsp3) is 0.194. The van der Waals surface area contributed by atoms with E-state index in [2.05, 4.69) is 109 Å². The van der Waals surface area contributed by atoms with E-state index in [1.807, 2.05) is 56.3 Å². The summed E-state index contributed by atoms with van der Waals surface area (Å²) in [5, 5.41) is 0. The van der Waals surface area contributed by atoms with Crippen LogP contribution in [-0.2, 0) is 26.5 Å². The first-order valence-electron chi connectivity index (χ1n) is 14.1. The molecule has 0 unspecified atom stereocenters. The summed E-state index contributed by atoms with van der Waals surface area (Å²) in [6.45, 7) is 12.9. The molecule has 0 saturated heterocycles. The number of fused-ring (bicyclic) bond motifs is 1. The molecule has 3 heterocycles. The van der Waals surface area contributed by atoms with Gasteiger partial charge in [-0.2, -0.15) is 30.6 Å². The molecule has 0 radical (unpaired) electrons. The molecule has 0 amide bonds. The van der Waals surface area contributed by atoms with Crippen LogP contribution in [0.3, 0.4) is 0 Å². The predicted molar refractivity (Wildman–Crippen MR) is 170 cm³/mol. The fourth-order valence-electron chi connectivity index (χ4n) is 5.22. The molecule has 2 aromatic heterocycles. The summed E-state index contributed by atoms with van der Waals surface area (Å²) in [4.78, 5) is 15.5. The number of para-hydroxylation sites is 2. The van der Waals surface area contributed by atoms with Gasteiger partial charge in [-0.15, -0.1) is 18.2 Å². The van der Waals surface area contributed by atoms with Crippen LogP contribution in [0.2, 0.25) is 0 Å². The Kier molecular flexibility index (Phi) is 8.61. The van der Waals surface area contributed by atoms with Gasteiger partial charge in [-0.25, -0.2) is 4.98 Å². The second-order valence-electron chi connectivity index (χ2n) is 11.7. The van der Waals surface area contributed by atoms with Gasteiger partial charge in [0.1, 0.15) is 11.7 Å². The number of nitrogens with zero attached hydrogens (tertiary/aromatic N) is 5. The topological polar surface area (TPSA) is 44.7 Å². The molecule has 7 heteroatoms. The van der Waals surface area contributed by atoms with Crippen molar-refractivity contribution in [3.63, 3.8) is 0 Å². The largest absolute Gasteiger partial charge is 0.504 e. The Balaban J connectivity index is 0.00000368. The first kappa shape index (κ1) is 30.3. The summed E-state index contributed by atoms with van der Waals surface area (Å²) >= 11 is 0. The number of aromatic nitrogens is 2. The Morgan fingerprint density at radius 1 is 0.814 bits per heavy atom. The molecule has 43 heavy (non-hydrogen) atoms. The third kappa shape index (κ3) is 6.45. The van der Waals surface area contributed by atoms with Gasteiger partial charge in [0.05, 0.1) is 0 Å². The van der Waals surface area contributed by atoms with E-state index in [1.165, 1.54) is 16.7 Å². The van der Waals surface area contributed by atoms with Crippen LogP contribution >= 0.6 is 0 Å². The molecule has 0 atom stereocenters. The van der Waals surface area contributed by atoms with Gasteiger partial charge in [-0.3, -0.25) is 4.98 Å². The van der Waals surface area contributed by atoms with Crippen LogP contribution in [0, 0.1) is 32.6 Å². The van der Waals surface area contributed by atoms with Crippen molar-refractivity contribution in [2.75, 3.05) is 21.7 Å². The molecule has 0 N–H and O–H groups in total. The molecular formula is C36H34N5OPt-3. The number of anilines is 6. The van der Waals surface area contributed by atoms with Crippen LogP contribution in [-0.4, -0.2) is 17.0 Å². The van der Waals surface area contributed by atoms with Crippen molar-refractivity contribution in [3.05, 3.63) is 127 Å². The van der Waals surface area contributed by atoms with Gasteiger partial charge in [0, 0.05) is 50.1 Å². The Labute approximate surface area is 269 Å². The molecule has 3 aromatic carbocycles. The summed E-state index contributed by atoms with van der Waals surface area (Å²) in [6.07, 6.45) is 3.62. The summed E-state index contributed by atoms with van der Waals surface area (Å²) in [6, 6.07) is 33.6. The van der Waals surface area contributed by atoms with Crippen LogP contribution in [0.1, 0.15) is 37.5 Å². The fourth-order valence-corrected chi connectivity index (χ4v) is 5.22. The minimum atomic E-state index is -0.0187. The molecule has 0 spiro atoms. The monoisotopic (exact) mass is 747 g/mol. The van der Waals surface area contributed by atoms with E-state index in [1.54, 1.807) is 6.20 Å². The average Bonchev–Trinajstić information content (AvgIpc) is 3.29.